The highest BCUT2D eigenvalue weighted by molar-refractivity contribution is 7.23. The van der Waals surface area contributed by atoms with Crippen LogP contribution in [0.25, 0.3) is 10.2 Å². The standard InChI is InChI=1S/C20H28N4O3S/c1-3-14-6-8-24(9-7-14)20(25)22-19-21-17-16(26-2)5-4-15(18(17)28-19)23-10-12-27-13-11-23/h4-5,14H,3,6-13H2,1-2H3,(H,21,22,25). The third-order valence-corrected chi connectivity index (χ3v) is 6.74. The van der Waals surface area contributed by atoms with Gasteiger partial charge in [-0.25, -0.2) is 9.78 Å². The Morgan fingerprint density at radius 3 is 2.71 bits per heavy atom. The highest BCUT2D eigenvalue weighted by Crippen LogP contribution is 2.39. The third-order valence-electron chi connectivity index (χ3n) is 5.75. The number of fused-ring (bicyclic) bond motifs is 1. The van der Waals surface area contributed by atoms with Crippen molar-refractivity contribution in [3.8, 4) is 5.75 Å². The van der Waals surface area contributed by atoms with E-state index in [1.165, 1.54) is 17.8 Å². The molecule has 4 rings (SSSR count). The Morgan fingerprint density at radius 1 is 1.29 bits per heavy atom. The molecule has 152 valence electrons. The van der Waals surface area contributed by atoms with Gasteiger partial charge in [-0.15, -0.1) is 0 Å². The zero-order valence-electron chi connectivity index (χ0n) is 16.6. The number of carbonyl (C=O) groups is 1. The second-order valence-electron chi connectivity index (χ2n) is 7.35. The van der Waals surface area contributed by atoms with Crippen LogP contribution in [0.1, 0.15) is 26.2 Å². The second-order valence-corrected chi connectivity index (χ2v) is 8.35. The number of morpholine rings is 1. The number of hydrogen-bond donors (Lipinski definition) is 1. The van der Waals surface area contributed by atoms with Gasteiger partial charge in [0, 0.05) is 26.2 Å². The number of likely N-dealkylation sites (tertiary alicyclic amines) is 1. The van der Waals surface area contributed by atoms with Crippen LogP contribution in [-0.4, -0.2) is 62.4 Å². The molecular weight excluding hydrogens is 376 g/mol. The monoisotopic (exact) mass is 404 g/mol. The Balaban J connectivity index is 1.55. The summed E-state index contributed by atoms with van der Waals surface area (Å²) in [6, 6.07) is 3.97. The summed E-state index contributed by atoms with van der Waals surface area (Å²) < 4.78 is 12.0. The molecule has 3 heterocycles. The number of hydrogen-bond acceptors (Lipinski definition) is 6. The molecule has 8 heteroatoms. The molecule has 0 atom stereocenters. The lowest BCUT2D eigenvalue weighted by molar-refractivity contribution is 0.123. The summed E-state index contributed by atoms with van der Waals surface area (Å²) in [5.41, 5.74) is 1.93. The van der Waals surface area contributed by atoms with Crippen molar-refractivity contribution in [3.05, 3.63) is 12.1 Å². The topological polar surface area (TPSA) is 66.9 Å². The van der Waals surface area contributed by atoms with Gasteiger partial charge in [-0.2, -0.15) is 0 Å². The Morgan fingerprint density at radius 2 is 2.04 bits per heavy atom. The van der Waals surface area contributed by atoms with Crippen molar-refractivity contribution in [2.24, 2.45) is 5.92 Å². The molecule has 2 amide bonds. The highest BCUT2D eigenvalue weighted by atomic mass is 32.1. The van der Waals surface area contributed by atoms with Crippen molar-refractivity contribution in [2.75, 3.05) is 56.7 Å². The van der Waals surface area contributed by atoms with Gasteiger partial charge in [0.05, 0.1) is 30.7 Å². The van der Waals surface area contributed by atoms with E-state index < -0.39 is 0 Å². The van der Waals surface area contributed by atoms with E-state index >= 15 is 0 Å². The molecule has 7 nitrogen and oxygen atoms in total. The number of amides is 2. The number of ether oxygens (including phenoxy) is 2. The van der Waals surface area contributed by atoms with Gasteiger partial charge in [-0.05, 0) is 30.9 Å². The SMILES string of the molecule is CCC1CCN(C(=O)Nc2nc3c(OC)ccc(N4CCOCC4)c3s2)CC1. The van der Waals surface area contributed by atoms with E-state index in [9.17, 15) is 4.79 Å². The molecule has 28 heavy (non-hydrogen) atoms. The molecular formula is C20H28N4O3S. The summed E-state index contributed by atoms with van der Waals surface area (Å²) >= 11 is 1.51. The number of piperidine rings is 1. The lowest BCUT2D eigenvalue weighted by atomic mass is 9.95. The number of rotatable bonds is 4. The maximum atomic E-state index is 12.7. The van der Waals surface area contributed by atoms with E-state index in [4.69, 9.17) is 9.47 Å². The normalized spacial score (nSPS) is 18.5. The minimum absolute atomic E-state index is 0.0551. The number of thiazole rings is 1. The first-order valence-corrected chi connectivity index (χ1v) is 10.9. The maximum Gasteiger partial charge on any atom is 0.323 e. The van der Waals surface area contributed by atoms with E-state index in [-0.39, 0.29) is 6.03 Å². The minimum atomic E-state index is -0.0551. The molecule has 0 bridgehead atoms. The van der Waals surface area contributed by atoms with E-state index in [0.717, 1.165) is 79.8 Å². The van der Waals surface area contributed by atoms with Gasteiger partial charge in [-0.1, -0.05) is 24.7 Å². The Bertz CT molecular complexity index is 826. The van der Waals surface area contributed by atoms with E-state index in [1.807, 2.05) is 11.0 Å². The van der Waals surface area contributed by atoms with Gasteiger partial charge < -0.3 is 19.3 Å². The Labute approximate surface area is 169 Å². The summed E-state index contributed by atoms with van der Waals surface area (Å²) in [5.74, 6) is 1.47. The average Bonchev–Trinajstić information content (AvgIpc) is 3.17. The van der Waals surface area contributed by atoms with Gasteiger partial charge in [0.1, 0.15) is 11.3 Å². The van der Waals surface area contributed by atoms with E-state index in [0.29, 0.717) is 5.13 Å². The molecule has 0 spiro atoms. The molecule has 1 N–H and O–H groups in total. The predicted molar refractivity (Wildman–Crippen MR) is 113 cm³/mol. The van der Waals surface area contributed by atoms with Gasteiger partial charge in [0.2, 0.25) is 0 Å². The second kappa shape index (κ2) is 8.53. The molecule has 2 saturated heterocycles. The fourth-order valence-corrected chi connectivity index (χ4v) is 4.97. The zero-order chi connectivity index (χ0) is 19.5. The Kier molecular flexibility index (Phi) is 5.87. The molecule has 0 radical (unpaired) electrons. The predicted octanol–water partition coefficient (Wildman–Crippen LogP) is 3.80. The zero-order valence-corrected chi connectivity index (χ0v) is 17.4. The summed E-state index contributed by atoms with van der Waals surface area (Å²) in [5, 5.41) is 3.63. The fourth-order valence-electron chi connectivity index (χ4n) is 3.96. The van der Waals surface area contributed by atoms with E-state index in [2.05, 4.69) is 28.2 Å². The van der Waals surface area contributed by atoms with Crippen LogP contribution in [-0.2, 0) is 4.74 Å². The summed E-state index contributed by atoms with van der Waals surface area (Å²) in [6.07, 6.45) is 3.36. The average molecular weight is 405 g/mol. The van der Waals surface area contributed by atoms with Crippen molar-refractivity contribution >= 4 is 38.4 Å². The molecule has 2 aromatic rings. The number of benzene rings is 1. The van der Waals surface area contributed by atoms with Gasteiger partial charge >= 0.3 is 6.03 Å². The molecule has 2 aliphatic heterocycles. The lowest BCUT2D eigenvalue weighted by Crippen LogP contribution is -2.40. The van der Waals surface area contributed by atoms with Crippen molar-refractivity contribution in [1.82, 2.24) is 9.88 Å². The first-order chi connectivity index (χ1) is 13.7. The van der Waals surface area contributed by atoms with Crippen molar-refractivity contribution < 1.29 is 14.3 Å². The van der Waals surface area contributed by atoms with Crippen LogP contribution in [0.4, 0.5) is 15.6 Å². The number of carbonyl (C=O) groups excluding carboxylic acids is 1. The molecule has 0 unspecified atom stereocenters. The molecule has 2 fully saturated rings. The summed E-state index contributed by atoms with van der Waals surface area (Å²) in [6.45, 7) is 7.02. The Hall–Kier alpha value is -2.06. The van der Waals surface area contributed by atoms with Crippen LogP contribution < -0.4 is 15.0 Å². The largest absolute Gasteiger partial charge is 0.494 e. The first kappa shape index (κ1) is 19.3. The highest BCUT2D eigenvalue weighted by Gasteiger charge is 2.24. The van der Waals surface area contributed by atoms with Crippen LogP contribution in [0, 0.1) is 5.92 Å². The molecule has 1 aromatic carbocycles. The first-order valence-electron chi connectivity index (χ1n) is 10.1. The van der Waals surface area contributed by atoms with Crippen LogP contribution in [0.2, 0.25) is 0 Å². The number of aromatic nitrogens is 1. The van der Waals surface area contributed by atoms with Crippen LogP contribution in [0.15, 0.2) is 12.1 Å². The number of anilines is 2. The maximum absolute atomic E-state index is 12.7. The number of urea groups is 1. The van der Waals surface area contributed by atoms with Crippen molar-refractivity contribution in [3.63, 3.8) is 0 Å². The van der Waals surface area contributed by atoms with Gasteiger partial charge in [0.15, 0.2) is 5.13 Å². The van der Waals surface area contributed by atoms with Crippen LogP contribution >= 0.6 is 11.3 Å². The minimum Gasteiger partial charge on any atom is -0.494 e. The number of methoxy groups -OCH3 is 1. The van der Waals surface area contributed by atoms with Gasteiger partial charge in [-0.3, -0.25) is 5.32 Å². The smallest absolute Gasteiger partial charge is 0.323 e. The van der Waals surface area contributed by atoms with Crippen LogP contribution in [0.5, 0.6) is 5.75 Å². The summed E-state index contributed by atoms with van der Waals surface area (Å²) in [7, 11) is 1.65. The third kappa shape index (κ3) is 3.89. The van der Waals surface area contributed by atoms with Crippen LogP contribution in [0.3, 0.4) is 0 Å². The summed E-state index contributed by atoms with van der Waals surface area (Å²) in [4.78, 5) is 21.6. The lowest BCUT2D eigenvalue weighted by Gasteiger charge is -2.31. The molecule has 0 aliphatic carbocycles. The number of nitrogens with zero attached hydrogens (tertiary/aromatic N) is 3. The molecule has 2 aliphatic rings. The molecule has 1 aromatic heterocycles. The molecule has 0 saturated carbocycles. The van der Waals surface area contributed by atoms with E-state index in [1.54, 1.807) is 7.11 Å². The number of nitrogens with one attached hydrogen (secondary N) is 1. The fraction of sp³-hybridized carbons (Fsp3) is 0.600. The van der Waals surface area contributed by atoms with Gasteiger partial charge in [0.25, 0.3) is 0 Å². The quantitative estimate of drug-likeness (QED) is 0.840. The van der Waals surface area contributed by atoms with Crippen molar-refractivity contribution in [1.29, 1.82) is 0 Å². The van der Waals surface area contributed by atoms with Crippen molar-refractivity contribution in [2.45, 2.75) is 26.2 Å².